The number of rotatable bonds is 5. The topological polar surface area (TPSA) is 69.6 Å². The Hall–Kier alpha value is -3.88. The number of ether oxygens (including phenoxy) is 1. The second-order valence-corrected chi connectivity index (χ2v) is 11.2. The van der Waals surface area contributed by atoms with Gasteiger partial charge in [0.2, 0.25) is 5.85 Å². The highest BCUT2D eigenvalue weighted by molar-refractivity contribution is 7.96. The highest BCUT2D eigenvalue weighted by Gasteiger charge is 2.57. The van der Waals surface area contributed by atoms with Crippen LogP contribution in [-0.4, -0.2) is 16.9 Å². The van der Waals surface area contributed by atoms with Crippen molar-refractivity contribution in [2.24, 2.45) is 0 Å². The molecule has 0 spiro atoms. The SMILES string of the molecule is O=C1OC([P+](c2ccccc2)(c2ccccc2)c2ccccc2)C([O-])=C1c1ccc(O)cc1. The minimum absolute atomic E-state index is 0.0205. The summed E-state index contributed by atoms with van der Waals surface area (Å²) in [6, 6.07) is 35.6. The number of phenolic OH excluding ortho intramolecular Hbond substituents is 1. The van der Waals surface area contributed by atoms with E-state index in [2.05, 4.69) is 0 Å². The number of hydrogen-bond acceptors (Lipinski definition) is 4. The molecule has 5 rings (SSSR count). The fraction of sp³-hybridized carbons (Fsp3) is 0.0357. The molecule has 0 bridgehead atoms. The molecular weight excluding hydrogens is 431 g/mol. The molecule has 0 saturated heterocycles. The van der Waals surface area contributed by atoms with Crippen LogP contribution in [0.2, 0.25) is 0 Å². The van der Waals surface area contributed by atoms with Crippen molar-refractivity contribution in [1.82, 2.24) is 0 Å². The summed E-state index contributed by atoms with van der Waals surface area (Å²) in [6.45, 7) is 0. The summed E-state index contributed by atoms with van der Waals surface area (Å²) in [5, 5.41) is 26.5. The summed E-state index contributed by atoms with van der Waals surface area (Å²) < 4.78 is 5.96. The molecule has 0 saturated carbocycles. The Kier molecular flexibility index (Phi) is 5.45. The van der Waals surface area contributed by atoms with E-state index in [9.17, 15) is 15.0 Å². The Labute approximate surface area is 192 Å². The zero-order valence-corrected chi connectivity index (χ0v) is 18.6. The Balaban J connectivity index is 1.82. The van der Waals surface area contributed by atoms with Crippen LogP contribution in [0.25, 0.3) is 5.57 Å². The lowest BCUT2D eigenvalue weighted by molar-refractivity contribution is -0.309. The van der Waals surface area contributed by atoms with E-state index in [1.54, 1.807) is 12.1 Å². The third kappa shape index (κ3) is 3.49. The Morgan fingerprint density at radius 1 is 0.667 bits per heavy atom. The van der Waals surface area contributed by atoms with Crippen molar-refractivity contribution in [3.63, 3.8) is 0 Å². The molecule has 5 heteroatoms. The monoisotopic (exact) mass is 452 g/mol. The summed E-state index contributed by atoms with van der Waals surface area (Å²) in [4.78, 5) is 13.1. The third-order valence-corrected chi connectivity index (χ3v) is 10.3. The van der Waals surface area contributed by atoms with Gasteiger partial charge in [0.15, 0.2) is 7.26 Å². The molecule has 4 aromatic carbocycles. The van der Waals surface area contributed by atoms with Crippen LogP contribution in [0.15, 0.2) is 121 Å². The normalized spacial score (nSPS) is 16.0. The van der Waals surface area contributed by atoms with E-state index in [4.69, 9.17) is 4.74 Å². The van der Waals surface area contributed by atoms with Crippen LogP contribution >= 0.6 is 7.26 Å². The molecule has 4 nitrogen and oxygen atoms in total. The molecule has 0 aromatic heterocycles. The molecule has 33 heavy (non-hydrogen) atoms. The van der Waals surface area contributed by atoms with Crippen molar-refractivity contribution in [3.8, 4) is 5.75 Å². The molecule has 1 atom stereocenters. The van der Waals surface area contributed by atoms with Crippen molar-refractivity contribution in [3.05, 3.63) is 127 Å². The van der Waals surface area contributed by atoms with Gasteiger partial charge >= 0.3 is 5.97 Å². The maximum Gasteiger partial charge on any atom is 0.341 e. The molecule has 0 aliphatic carbocycles. The molecule has 162 valence electrons. The molecule has 1 aliphatic rings. The van der Waals surface area contributed by atoms with Gasteiger partial charge < -0.3 is 14.9 Å². The van der Waals surface area contributed by atoms with Crippen LogP contribution in [-0.2, 0) is 9.53 Å². The van der Waals surface area contributed by atoms with Crippen molar-refractivity contribution < 1.29 is 19.7 Å². The number of cyclic esters (lactones) is 1. The quantitative estimate of drug-likeness (QED) is 0.373. The highest BCUT2D eigenvalue weighted by atomic mass is 31.2. The van der Waals surface area contributed by atoms with Crippen molar-refractivity contribution in [1.29, 1.82) is 0 Å². The van der Waals surface area contributed by atoms with Crippen LogP contribution in [0.4, 0.5) is 0 Å². The summed E-state index contributed by atoms with van der Waals surface area (Å²) in [7, 11) is -2.72. The van der Waals surface area contributed by atoms with Crippen molar-refractivity contribution in [2.75, 3.05) is 0 Å². The van der Waals surface area contributed by atoms with Gasteiger partial charge in [-0.25, -0.2) is 4.79 Å². The summed E-state index contributed by atoms with van der Waals surface area (Å²) in [6.07, 6.45) is 0. The van der Waals surface area contributed by atoms with E-state index in [-0.39, 0.29) is 17.1 Å². The number of carbonyl (C=O) groups excluding carboxylic acids is 1. The molecule has 4 aromatic rings. The van der Waals surface area contributed by atoms with Gasteiger partial charge in [-0.2, -0.15) is 0 Å². The Morgan fingerprint density at radius 2 is 1.09 bits per heavy atom. The van der Waals surface area contributed by atoms with E-state index in [1.807, 2.05) is 91.0 Å². The first-order chi connectivity index (χ1) is 16.1. The highest BCUT2D eigenvalue weighted by Crippen LogP contribution is 2.63. The molecule has 1 N–H and O–H groups in total. The first-order valence-electron chi connectivity index (χ1n) is 10.6. The zero-order valence-electron chi connectivity index (χ0n) is 17.7. The maximum absolute atomic E-state index is 14.0. The minimum Gasteiger partial charge on any atom is -0.870 e. The molecule has 1 aliphatic heterocycles. The van der Waals surface area contributed by atoms with Gasteiger partial charge in [0.05, 0.1) is 5.57 Å². The fourth-order valence-electron chi connectivity index (χ4n) is 4.42. The molecule has 1 unspecified atom stereocenters. The second-order valence-electron chi connectivity index (χ2n) is 7.77. The Bertz CT molecular complexity index is 1200. The molecule has 1 heterocycles. The first kappa shape index (κ1) is 21.0. The maximum atomic E-state index is 14.0. The summed E-state index contributed by atoms with van der Waals surface area (Å²) in [5.41, 5.74) is 0.463. The van der Waals surface area contributed by atoms with Crippen molar-refractivity contribution in [2.45, 2.75) is 5.85 Å². The van der Waals surface area contributed by atoms with E-state index in [0.29, 0.717) is 5.56 Å². The smallest absolute Gasteiger partial charge is 0.341 e. The number of carbonyl (C=O) groups is 1. The second kappa shape index (κ2) is 8.57. The van der Waals surface area contributed by atoms with Crippen LogP contribution < -0.4 is 21.0 Å². The van der Waals surface area contributed by atoms with E-state index in [1.165, 1.54) is 12.1 Å². The predicted octanol–water partition coefficient (Wildman–Crippen LogP) is 3.34. The number of phenols is 1. The minimum atomic E-state index is -2.72. The zero-order chi connectivity index (χ0) is 22.8. The van der Waals surface area contributed by atoms with E-state index >= 15 is 0 Å². The standard InChI is InChI=1S/C28H21O4P/c29-21-18-16-20(17-19-21)25-26(30)28(32-27(25)31)33(22-10-4-1-5-11-22,23-12-6-2-7-13-23)24-14-8-3-9-15-24/h1-19,28H,(H-,29,30,31). The number of benzene rings is 4. The lowest BCUT2D eigenvalue weighted by Gasteiger charge is -2.34. The van der Waals surface area contributed by atoms with Gasteiger partial charge in [-0.3, -0.25) is 0 Å². The predicted molar refractivity (Wildman–Crippen MR) is 130 cm³/mol. The number of esters is 1. The molecule has 0 radical (unpaired) electrons. The first-order valence-corrected chi connectivity index (χ1v) is 12.5. The van der Waals surface area contributed by atoms with Crippen molar-refractivity contribution >= 4 is 34.7 Å². The van der Waals surface area contributed by atoms with E-state index in [0.717, 1.165) is 15.9 Å². The van der Waals surface area contributed by atoms with Gasteiger partial charge in [0, 0.05) is 0 Å². The van der Waals surface area contributed by atoms with Crippen LogP contribution in [0.5, 0.6) is 5.75 Å². The van der Waals surface area contributed by atoms with Gasteiger partial charge in [-0.1, -0.05) is 66.7 Å². The third-order valence-electron chi connectivity index (χ3n) is 5.89. The molecule has 0 fully saturated rings. The number of hydrogen-bond donors (Lipinski definition) is 1. The van der Waals surface area contributed by atoms with Gasteiger partial charge in [-0.15, -0.1) is 0 Å². The largest absolute Gasteiger partial charge is 0.870 e. The molecular formula is C28H21O4P. The molecule has 0 amide bonds. The fourth-order valence-corrected chi connectivity index (χ4v) is 8.79. The van der Waals surface area contributed by atoms with Gasteiger partial charge in [0.1, 0.15) is 21.7 Å². The summed E-state index contributed by atoms with van der Waals surface area (Å²) >= 11 is 0. The average Bonchev–Trinajstić information content (AvgIpc) is 3.16. The van der Waals surface area contributed by atoms with Gasteiger partial charge in [0.25, 0.3) is 0 Å². The van der Waals surface area contributed by atoms with Crippen LogP contribution in [0.1, 0.15) is 5.56 Å². The Morgan fingerprint density at radius 3 is 1.52 bits per heavy atom. The lowest BCUT2D eigenvalue weighted by atomic mass is 10.1. The van der Waals surface area contributed by atoms with Crippen LogP contribution in [0, 0.1) is 0 Å². The average molecular weight is 452 g/mol. The van der Waals surface area contributed by atoms with Crippen LogP contribution in [0.3, 0.4) is 0 Å². The number of aromatic hydroxyl groups is 1. The van der Waals surface area contributed by atoms with E-state index < -0.39 is 19.1 Å². The van der Waals surface area contributed by atoms with Gasteiger partial charge in [-0.05, 0) is 59.9 Å². The summed E-state index contributed by atoms with van der Waals surface area (Å²) in [5.74, 6) is -1.89. The lowest BCUT2D eigenvalue weighted by Crippen LogP contribution is -2.41.